The molecular weight excluding hydrogens is 447 g/mol. The summed E-state index contributed by atoms with van der Waals surface area (Å²) in [6, 6.07) is 18.4. The first-order valence-corrected chi connectivity index (χ1v) is 10.4. The highest BCUT2D eigenvalue weighted by atomic mass is 35.5. The molecule has 2 aromatic carbocycles. The second-order valence-electron chi connectivity index (χ2n) is 6.04. The third kappa shape index (κ3) is 4.39. The summed E-state index contributed by atoms with van der Waals surface area (Å²) in [5.74, 6) is 1.26. The smallest absolute Gasteiger partial charge is 0.134 e. The van der Waals surface area contributed by atoms with Gasteiger partial charge in [0, 0.05) is 32.6 Å². The van der Waals surface area contributed by atoms with Crippen molar-refractivity contribution in [1.29, 1.82) is 5.26 Å². The number of allylic oxidation sites excluding steroid dienone is 1. The first-order valence-electron chi connectivity index (χ1n) is 8.42. The lowest BCUT2D eigenvalue weighted by atomic mass is 10.2. The molecule has 0 unspecified atom stereocenters. The van der Waals surface area contributed by atoms with Crippen LogP contribution in [-0.2, 0) is 0 Å². The van der Waals surface area contributed by atoms with Gasteiger partial charge in [-0.05, 0) is 54.6 Å². The zero-order chi connectivity index (χ0) is 20.4. The van der Waals surface area contributed by atoms with Crippen LogP contribution in [0.2, 0.25) is 15.1 Å². The molecule has 0 amide bonds. The number of thiazole rings is 1. The second kappa shape index (κ2) is 8.44. The molecule has 0 N–H and O–H groups in total. The molecule has 4 aromatic rings. The predicted octanol–water partition coefficient (Wildman–Crippen LogP) is 8.09. The quantitative estimate of drug-likeness (QED) is 0.291. The van der Waals surface area contributed by atoms with Crippen LogP contribution in [0.5, 0.6) is 0 Å². The van der Waals surface area contributed by atoms with Crippen LogP contribution in [0.4, 0.5) is 0 Å². The summed E-state index contributed by atoms with van der Waals surface area (Å²) >= 11 is 19.5. The van der Waals surface area contributed by atoms with E-state index in [1.165, 1.54) is 11.3 Å². The summed E-state index contributed by atoms with van der Waals surface area (Å²) < 4.78 is 5.86. The molecule has 142 valence electrons. The van der Waals surface area contributed by atoms with Gasteiger partial charge in [0.05, 0.1) is 16.3 Å². The molecule has 0 aliphatic rings. The van der Waals surface area contributed by atoms with E-state index in [2.05, 4.69) is 11.1 Å². The highest BCUT2D eigenvalue weighted by molar-refractivity contribution is 7.11. The molecule has 4 rings (SSSR count). The standard InChI is InChI=1S/C22H11Cl3N2OS/c23-15-3-1-13(2-4-15)21-8-6-17(28-21)9-14(11-26)22-27-20(12-29-22)18-7-5-16(24)10-19(18)25/h1-10,12H/b14-9+. The van der Waals surface area contributed by atoms with E-state index < -0.39 is 0 Å². The van der Waals surface area contributed by atoms with E-state index in [0.717, 1.165) is 11.1 Å². The Bertz CT molecular complexity index is 1250. The zero-order valence-electron chi connectivity index (χ0n) is 14.7. The Balaban J connectivity index is 1.63. The van der Waals surface area contributed by atoms with Crippen LogP contribution in [0.3, 0.4) is 0 Å². The minimum absolute atomic E-state index is 0.406. The number of rotatable bonds is 4. The molecule has 29 heavy (non-hydrogen) atoms. The largest absolute Gasteiger partial charge is 0.457 e. The molecule has 2 heterocycles. The highest BCUT2D eigenvalue weighted by Gasteiger charge is 2.13. The van der Waals surface area contributed by atoms with Crippen molar-refractivity contribution in [3.63, 3.8) is 0 Å². The molecule has 0 atom stereocenters. The van der Waals surface area contributed by atoms with Gasteiger partial charge in [-0.25, -0.2) is 4.98 Å². The Morgan fingerprint density at radius 3 is 2.48 bits per heavy atom. The fourth-order valence-corrected chi connectivity index (χ4v) is 4.12. The number of hydrogen-bond donors (Lipinski definition) is 0. The maximum atomic E-state index is 9.61. The average Bonchev–Trinajstić information content (AvgIpc) is 3.36. The molecule has 2 aromatic heterocycles. The highest BCUT2D eigenvalue weighted by Crippen LogP contribution is 2.33. The molecular formula is C22H11Cl3N2OS. The zero-order valence-corrected chi connectivity index (χ0v) is 17.8. The van der Waals surface area contributed by atoms with Crippen molar-refractivity contribution in [3.8, 4) is 28.7 Å². The number of benzene rings is 2. The number of furan rings is 1. The third-order valence-corrected chi connectivity index (χ3v) is 5.78. The summed E-state index contributed by atoms with van der Waals surface area (Å²) in [6.45, 7) is 0. The fraction of sp³-hybridized carbons (Fsp3) is 0. The summed E-state index contributed by atoms with van der Waals surface area (Å²) in [5, 5.41) is 13.8. The molecule has 0 saturated carbocycles. The van der Waals surface area contributed by atoms with E-state index in [1.807, 2.05) is 35.7 Å². The van der Waals surface area contributed by atoms with Crippen molar-refractivity contribution >= 4 is 57.8 Å². The lowest BCUT2D eigenvalue weighted by Gasteiger charge is -2.00. The van der Waals surface area contributed by atoms with E-state index in [9.17, 15) is 5.26 Å². The van der Waals surface area contributed by atoms with Gasteiger partial charge in [0.1, 0.15) is 22.6 Å². The van der Waals surface area contributed by atoms with Crippen molar-refractivity contribution in [1.82, 2.24) is 4.98 Å². The second-order valence-corrected chi connectivity index (χ2v) is 8.18. The molecule has 0 radical (unpaired) electrons. The third-order valence-electron chi connectivity index (χ3n) is 4.10. The van der Waals surface area contributed by atoms with Gasteiger partial charge in [-0.2, -0.15) is 5.26 Å². The minimum atomic E-state index is 0.406. The van der Waals surface area contributed by atoms with Gasteiger partial charge in [0.15, 0.2) is 0 Å². The minimum Gasteiger partial charge on any atom is -0.457 e. The van der Waals surface area contributed by atoms with Crippen LogP contribution in [-0.4, -0.2) is 4.98 Å². The first kappa shape index (κ1) is 19.8. The molecule has 0 spiro atoms. The van der Waals surface area contributed by atoms with Crippen LogP contribution < -0.4 is 0 Å². The van der Waals surface area contributed by atoms with Gasteiger partial charge in [-0.15, -0.1) is 11.3 Å². The molecule has 7 heteroatoms. The lowest BCUT2D eigenvalue weighted by Crippen LogP contribution is -1.83. The van der Waals surface area contributed by atoms with E-state index in [-0.39, 0.29) is 0 Å². The predicted molar refractivity (Wildman–Crippen MR) is 120 cm³/mol. The molecule has 0 saturated heterocycles. The number of aromatic nitrogens is 1. The maximum absolute atomic E-state index is 9.61. The van der Waals surface area contributed by atoms with Crippen molar-refractivity contribution in [3.05, 3.63) is 85.8 Å². The summed E-state index contributed by atoms with van der Waals surface area (Å²) in [4.78, 5) is 4.56. The van der Waals surface area contributed by atoms with Gasteiger partial charge in [0.25, 0.3) is 0 Å². The summed E-state index contributed by atoms with van der Waals surface area (Å²) in [6.07, 6.45) is 1.67. The van der Waals surface area contributed by atoms with Crippen molar-refractivity contribution < 1.29 is 4.42 Å². The van der Waals surface area contributed by atoms with Gasteiger partial charge in [-0.1, -0.05) is 34.8 Å². The Morgan fingerprint density at radius 2 is 1.76 bits per heavy atom. The van der Waals surface area contributed by atoms with E-state index in [4.69, 9.17) is 39.2 Å². The summed E-state index contributed by atoms with van der Waals surface area (Å²) in [5.41, 5.74) is 2.76. The lowest BCUT2D eigenvalue weighted by molar-refractivity contribution is 0.572. The number of nitrogens with zero attached hydrogens (tertiary/aromatic N) is 2. The number of nitriles is 1. The van der Waals surface area contributed by atoms with Gasteiger partial charge in [0.2, 0.25) is 0 Å². The van der Waals surface area contributed by atoms with Gasteiger partial charge in [-0.3, -0.25) is 0 Å². The van der Waals surface area contributed by atoms with Crippen LogP contribution in [0.15, 0.2) is 64.4 Å². The molecule has 3 nitrogen and oxygen atoms in total. The van der Waals surface area contributed by atoms with Crippen molar-refractivity contribution in [2.75, 3.05) is 0 Å². The Kier molecular flexibility index (Phi) is 5.75. The molecule has 0 bridgehead atoms. The topological polar surface area (TPSA) is 49.8 Å². The van der Waals surface area contributed by atoms with E-state index >= 15 is 0 Å². The average molecular weight is 458 g/mol. The molecule has 0 aliphatic heterocycles. The number of halogens is 3. The van der Waals surface area contributed by atoms with Crippen molar-refractivity contribution in [2.24, 2.45) is 0 Å². The van der Waals surface area contributed by atoms with Gasteiger partial charge < -0.3 is 4.42 Å². The monoisotopic (exact) mass is 456 g/mol. The number of hydrogen-bond acceptors (Lipinski definition) is 4. The van der Waals surface area contributed by atoms with Gasteiger partial charge >= 0.3 is 0 Å². The molecule has 0 fully saturated rings. The van der Waals surface area contributed by atoms with Crippen LogP contribution in [0, 0.1) is 11.3 Å². The summed E-state index contributed by atoms with van der Waals surface area (Å²) in [7, 11) is 0. The van der Waals surface area contributed by atoms with Crippen molar-refractivity contribution in [2.45, 2.75) is 0 Å². The van der Waals surface area contributed by atoms with E-state index in [1.54, 1.807) is 30.3 Å². The maximum Gasteiger partial charge on any atom is 0.134 e. The normalized spacial score (nSPS) is 11.4. The van der Waals surface area contributed by atoms with E-state index in [0.29, 0.717) is 42.9 Å². The SMILES string of the molecule is N#C/C(=C\c1ccc(-c2ccc(Cl)cc2)o1)c1nc(-c2ccc(Cl)cc2Cl)cs1. The van der Waals surface area contributed by atoms with Crippen LogP contribution >= 0.6 is 46.1 Å². The van der Waals surface area contributed by atoms with Crippen LogP contribution in [0.1, 0.15) is 10.8 Å². The molecule has 0 aliphatic carbocycles. The Morgan fingerprint density at radius 1 is 1.00 bits per heavy atom. The Labute approximate surface area is 186 Å². The first-order chi connectivity index (χ1) is 14.0. The van der Waals surface area contributed by atoms with Crippen LogP contribution in [0.25, 0.3) is 34.2 Å². The fourth-order valence-electron chi connectivity index (χ4n) is 2.70. The Hall–Kier alpha value is -2.55.